The number of para-hydroxylation sites is 1. The summed E-state index contributed by atoms with van der Waals surface area (Å²) in [5.74, 6) is 0. The Balaban J connectivity index is 1.14. The zero-order valence-electron chi connectivity index (χ0n) is 28.3. The lowest BCUT2D eigenvalue weighted by atomic mass is 9.97. The van der Waals surface area contributed by atoms with Gasteiger partial charge < -0.3 is 9.32 Å². The van der Waals surface area contributed by atoms with E-state index in [2.05, 4.69) is 175 Å². The van der Waals surface area contributed by atoms with Crippen LogP contribution in [0, 0.1) is 0 Å². The first kappa shape index (κ1) is 29.9. The molecule has 0 saturated heterocycles. The van der Waals surface area contributed by atoms with Crippen LogP contribution in [0.3, 0.4) is 0 Å². The number of aromatic nitrogens is 1. The third kappa shape index (κ3) is 5.19. The van der Waals surface area contributed by atoms with Gasteiger partial charge in [0.05, 0.1) is 5.52 Å². The van der Waals surface area contributed by atoms with Crippen LogP contribution in [-0.2, 0) is 0 Å². The van der Waals surface area contributed by atoms with Gasteiger partial charge in [-0.2, -0.15) is 0 Å². The molecule has 0 unspecified atom stereocenters. The minimum absolute atomic E-state index is 0.852. The summed E-state index contributed by atoms with van der Waals surface area (Å²) in [4.78, 5) is 7.21. The summed E-state index contributed by atoms with van der Waals surface area (Å²) >= 11 is 0. The van der Waals surface area contributed by atoms with Gasteiger partial charge >= 0.3 is 0 Å². The van der Waals surface area contributed by atoms with Crippen molar-refractivity contribution in [2.24, 2.45) is 0 Å². The van der Waals surface area contributed by atoms with E-state index >= 15 is 0 Å². The molecule has 10 rings (SSSR count). The van der Waals surface area contributed by atoms with Crippen molar-refractivity contribution in [1.82, 2.24) is 4.98 Å². The van der Waals surface area contributed by atoms with Gasteiger partial charge in [0.2, 0.25) is 0 Å². The van der Waals surface area contributed by atoms with E-state index in [9.17, 15) is 0 Å². The molecule has 0 aliphatic carbocycles. The summed E-state index contributed by atoms with van der Waals surface area (Å²) in [6.45, 7) is 0. The fourth-order valence-corrected chi connectivity index (χ4v) is 7.53. The molecule has 0 spiro atoms. The smallest absolute Gasteiger partial charge is 0.146 e. The van der Waals surface area contributed by atoms with Crippen LogP contribution in [0.1, 0.15) is 0 Å². The fourth-order valence-electron chi connectivity index (χ4n) is 7.53. The summed E-state index contributed by atoms with van der Waals surface area (Å²) < 4.78 is 6.49. The highest BCUT2D eigenvalue weighted by Crippen LogP contribution is 2.42. The van der Waals surface area contributed by atoms with Crippen LogP contribution in [-0.4, -0.2) is 4.98 Å². The highest BCUT2D eigenvalue weighted by molar-refractivity contribution is 6.14. The van der Waals surface area contributed by atoms with Crippen molar-refractivity contribution < 1.29 is 4.42 Å². The van der Waals surface area contributed by atoms with Gasteiger partial charge in [-0.05, 0) is 92.7 Å². The predicted octanol–water partition coefficient (Wildman–Crippen LogP) is 13.8. The first-order chi connectivity index (χ1) is 25.8. The minimum atomic E-state index is 0.852. The number of rotatable bonds is 6. The third-order valence-corrected chi connectivity index (χ3v) is 10.1. The summed E-state index contributed by atoms with van der Waals surface area (Å²) in [6.07, 6.45) is 1.93. The van der Waals surface area contributed by atoms with Gasteiger partial charge in [-0.1, -0.05) is 140 Å². The molecule has 0 saturated carbocycles. The van der Waals surface area contributed by atoms with Crippen LogP contribution in [0.5, 0.6) is 0 Å². The van der Waals surface area contributed by atoms with Crippen molar-refractivity contribution in [3.05, 3.63) is 194 Å². The van der Waals surface area contributed by atoms with Gasteiger partial charge in [0.1, 0.15) is 11.2 Å². The number of nitrogens with zero attached hydrogens (tertiary/aromatic N) is 2. The Morgan fingerprint density at radius 1 is 0.385 bits per heavy atom. The largest absolute Gasteiger partial charge is 0.455 e. The lowest BCUT2D eigenvalue weighted by molar-refractivity contribution is 0.672. The number of fused-ring (bicyclic) bond motifs is 6. The molecular weight excluding hydrogens is 633 g/mol. The minimum Gasteiger partial charge on any atom is -0.455 e. The van der Waals surface area contributed by atoms with Crippen LogP contribution in [0.4, 0.5) is 17.1 Å². The Kier molecular flexibility index (Phi) is 7.14. The normalized spacial score (nSPS) is 11.5. The van der Waals surface area contributed by atoms with Crippen molar-refractivity contribution in [2.45, 2.75) is 0 Å². The molecule has 0 radical (unpaired) electrons. The van der Waals surface area contributed by atoms with Crippen molar-refractivity contribution in [3.63, 3.8) is 0 Å². The monoisotopic (exact) mass is 664 g/mol. The molecule has 0 aliphatic heterocycles. The van der Waals surface area contributed by atoms with Crippen molar-refractivity contribution >= 4 is 60.7 Å². The van der Waals surface area contributed by atoms with Crippen molar-refractivity contribution in [3.8, 4) is 33.4 Å². The van der Waals surface area contributed by atoms with E-state index in [1.54, 1.807) is 0 Å². The molecule has 3 heteroatoms. The molecule has 8 aromatic carbocycles. The van der Waals surface area contributed by atoms with Crippen molar-refractivity contribution in [2.75, 3.05) is 4.90 Å². The Bertz CT molecular complexity index is 2900. The van der Waals surface area contributed by atoms with Gasteiger partial charge in [0.15, 0.2) is 0 Å². The molecule has 0 fully saturated rings. The molecule has 0 N–H and O–H groups in total. The standard InChI is InChI=1S/C49H32N2O/c1-2-11-33(12-3-1)34-23-25-35(26-24-34)37-15-8-17-39(29-37)51(40-18-9-16-38(30-40)43-21-10-14-36-13-4-5-19-42(36)43)41-27-28-47-45(31-41)49-46(32-50-47)44-20-6-7-22-48(44)52-49/h1-32H. The Labute approximate surface area is 301 Å². The zero-order chi connectivity index (χ0) is 34.4. The van der Waals surface area contributed by atoms with Gasteiger partial charge in [-0.3, -0.25) is 4.98 Å². The molecule has 0 atom stereocenters. The Hall–Kier alpha value is -6.97. The fraction of sp³-hybridized carbons (Fsp3) is 0. The zero-order valence-corrected chi connectivity index (χ0v) is 28.3. The number of hydrogen-bond donors (Lipinski definition) is 0. The molecule has 10 aromatic rings. The molecule has 2 aromatic heterocycles. The second-order valence-corrected chi connectivity index (χ2v) is 13.2. The molecule has 3 nitrogen and oxygen atoms in total. The predicted molar refractivity (Wildman–Crippen MR) is 218 cm³/mol. The number of anilines is 3. The molecular formula is C49H32N2O. The highest BCUT2D eigenvalue weighted by Gasteiger charge is 2.18. The van der Waals surface area contributed by atoms with Crippen LogP contribution in [0.25, 0.3) is 77.0 Å². The van der Waals surface area contributed by atoms with E-state index in [0.717, 1.165) is 66.6 Å². The number of hydrogen-bond acceptors (Lipinski definition) is 3. The van der Waals surface area contributed by atoms with Gasteiger partial charge in [0.25, 0.3) is 0 Å². The number of benzene rings is 8. The lowest BCUT2D eigenvalue weighted by Crippen LogP contribution is -2.10. The van der Waals surface area contributed by atoms with E-state index in [1.165, 1.54) is 27.5 Å². The van der Waals surface area contributed by atoms with Crippen molar-refractivity contribution in [1.29, 1.82) is 0 Å². The number of pyridine rings is 1. The SMILES string of the molecule is c1ccc(-c2ccc(-c3cccc(N(c4cccc(-c5cccc6ccccc56)c4)c4ccc5ncc6c7ccccc7oc6c5c4)c3)cc2)cc1. The lowest BCUT2D eigenvalue weighted by Gasteiger charge is -2.27. The summed E-state index contributed by atoms with van der Waals surface area (Å²) in [5.41, 5.74) is 12.8. The van der Waals surface area contributed by atoms with Crippen LogP contribution in [0.2, 0.25) is 0 Å². The average Bonchev–Trinajstić information content (AvgIpc) is 3.61. The van der Waals surface area contributed by atoms with Gasteiger partial charge in [-0.15, -0.1) is 0 Å². The first-order valence-electron chi connectivity index (χ1n) is 17.6. The molecule has 244 valence electrons. The van der Waals surface area contributed by atoms with E-state index in [0.29, 0.717) is 0 Å². The quantitative estimate of drug-likeness (QED) is 0.177. The second-order valence-electron chi connectivity index (χ2n) is 13.2. The highest BCUT2D eigenvalue weighted by atomic mass is 16.3. The first-order valence-corrected chi connectivity index (χ1v) is 17.6. The molecule has 52 heavy (non-hydrogen) atoms. The maximum absolute atomic E-state index is 6.49. The van der Waals surface area contributed by atoms with E-state index in [-0.39, 0.29) is 0 Å². The van der Waals surface area contributed by atoms with Crippen LogP contribution < -0.4 is 4.90 Å². The van der Waals surface area contributed by atoms with Crippen LogP contribution >= 0.6 is 0 Å². The van der Waals surface area contributed by atoms with Gasteiger partial charge in [0, 0.05) is 39.4 Å². The summed E-state index contributed by atoms with van der Waals surface area (Å²) in [5, 5.41) is 5.53. The van der Waals surface area contributed by atoms with E-state index in [1.807, 2.05) is 24.4 Å². The third-order valence-electron chi connectivity index (χ3n) is 10.1. The summed E-state index contributed by atoms with van der Waals surface area (Å²) in [7, 11) is 0. The Morgan fingerprint density at radius 2 is 0.981 bits per heavy atom. The van der Waals surface area contributed by atoms with Crippen LogP contribution in [0.15, 0.2) is 199 Å². The molecule has 0 aliphatic rings. The maximum Gasteiger partial charge on any atom is 0.146 e. The Morgan fingerprint density at radius 3 is 1.81 bits per heavy atom. The van der Waals surface area contributed by atoms with E-state index in [4.69, 9.17) is 9.40 Å². The topological polar surface area (TPSA) is 29.3 Å². The molecule has 0 amide bonds. The molecule has 2 heterocycles. The summed E-state index contributed by atoms with van der Waals surface area (Å²) in [6, 6.07) is 66.8. The number of furan rings is 1. The maximum atomic E-state index is 6.49. The van der Waals surface area contributed by atoms with E-state index < -0.39 is 0 Å². The average molecular weight is 665 g/mol. The second kappa shape index (κ2) is 12.4. The molecule has 0 bridgehead atoms. The van der Waals surface area contributed by atoms with Gasteiger partial charge in [-0.25, -0.2) is 0 Å².